The zero-order chi connectivity index (χ0) is 15.1. The van der Waals surface area contributed by atoms with Crippen molar-refractivity contribution in [3.63, 3.8) is 0 Å². The third-order valence-corrected chi connectivity index (χ3v) is 4.96. The van der Waals surface area contributed by atoms with Crippen LogP contribution in [0.15, 0.2) is 0 Å². The second kappa shape index (κ2) is 8.39. The van der Waals surface area contributed by atoms with Gasteiger partial charge in [0.15, 0.2) is 0 Å². The Morgan fingerprint density at radius 3 is 2.60 bits per heavy atom. The molecule has 1 saturated carbocycles. The number of rotatable bonds is 7. The predicted molar refractivity (Wildman–Crippen MR) is 82.1 cm³/mol. The van der Waals surface area contributed by atoms with Gasteiger partial charge in [-0.25, -0.2) is 4.79 Å². The Morgan fingerprint density at radius 1 is 1.35 bits per heavy atom. The van der Waals surface area contributed by atoms with Crippen LogP contribution in [-0.4, -0.2) is 40.7 Å². The quantitative estimate of drug-likeness (QED) is 0.674. The minimum absolute atomic E-state index is 0.00427. The summed E-state index contributed by atoms with van der Waals surface area (Å²) in [4.78, 5) is 22.8. The van der Waals surface area contributed by atoms with Crippen LogP contribution in [0.5, 0.6) is 0 Å². The molecule has 0 heterocycles. The molecule has 0 bridgehead atoms. The number of nitrogens with one attached hydrogen (secondary N) is 2. The number of amides is 2. The third-order valence-electron chi connectivity index (χ3n) is 3.73. The van der Waals surface area contributed by atoms with Crippen LogP contribution < -0.4 is 10.6 Å². The molecule has 0 aromatic carbocycles. The van der Waals surface area contributed by atoms with E-state index in [9.17, 15) is 9.59 Å². The van der Waals surface area contributed by atoms with Crippen LogP contribution in [0.2, 0.25) is 0 Å². The number of carboxylic acids is 1. The van der Waals surface area contributed by atoms with Crippen molar-refractivity contribution in [1.82, 2.24) is 10.6 Å². The average molecular weight is 302 g/mol. The second-order valence-electron chi connectivity index (χ2n) is 5.63. The average Bonchev–Trinajstić information content (AvgIpc) is 2.76. The van der Waals surface area contributed by atoms with Crippen LogP contribution in [0.25, 0.3) is 0 Å². The first kappa shape index (κ1) is 17.1. The fourth-order valence-corrected chi connectivity index (χ4v) is 3.65. The number of hydrogen-bond acceptors (Lipinski definition) is 3. The summed E-state index contributed by atoms with van der Waals surface area (Å²) in [6, 6.07) is -0.0228. The van der Waals surface area contributed by atoms with Crippen LogP contribution in [0.1, 0.15) is 40.0 Å². The Bertz CT molecular complexity index is 336. The first-order chi connectivity index (χ1) is 9.43. The van der Waals surface area contributed by atoms with Crippen molar-refractivity contribution in [2.24, 2.45) is 11.8 Å². The van der Waals surface area contributed by atoms with Crippen molar-refractivity contribution in [1.29, 1.82) is 0 Å². The highest BCUT2D eigenvalue weighted by Gasteiger charge is 2.26. The molecule has 3 atom stereocenters. The summed E-state index contributed by atoms with van der Waals surface area (Å²) in [7, 11) is 0. The van der Waals surface area contributed by atoms with Gasteiger partial charge in [-0.1, -0.05) is 20.8 Å². The Balaban J connectivity index is 2.28. The molecule has 1 rings (SSSR count). The molecule has 1 fully saturated rings. The Hall–Kier alpha value is -0.910. The van der Waals surface area contributed by atoms with E-state index in [0.29, 0.717) is 5.25 Å². The molecule has 0 spiro atoms. The van der Waals surface area contributed by atoms with Crippen molar-refractivity contribution in [3.8, 4) is 0 Å². The van der Waals surface area contributed by atoms with Crippen molar-refractivity contribution < 1.29 is 14.7 Å². The normalized spacial score (nSPS) is 23.6. The zero-order valence-electron chi connectivity index (χ0n) is 12.5. The molecule has 0 aromatic heterocycles. The van der Waals surface area contributed by atoms with Gasteiger partial charge in [0.2, 0.25) is 0 Å². The van der Waals surface area contributed by atoms with Crippen molar-refractivity contribution in [2.75, 3.05) is 12.3 Å². The lowest BCUT2D eigenvalue weighted by Gasteiger charge is -2.18. The summed E-state index contributed by atoms with van der Waals surface area (Å²) >= 11 is 1.95. The first-order valence-corrected chi connectivity index (χ1v) is 8.37. The van der Waals surface area contributed by atoms with Gasteiger partial charge in [-0.15, -0.1) is 0 Å². The Morgan fingerprint density at radius 2 is 2.05 bits per heavy atom. The van der Waals surface area contributed by atoms with E-state index >= 15 is 0 Å². The van der Waals surface area contributed by atoms with Crippen LogP contribution in [0.3, 0.4) is 0 Å². The van der Waals surface area contributed by atoms with Gasteiger partial charge in [0.1, 0.15) is 0 Å². The summed E-state index contributed by atoms with van der Waals surface area (Å²) in [5.74, 6) is -0.281. The second-order valence-corrected chi connectivity index (χ2v) is 7.21. The predicted octanol–water partition coefficient (Wildman–Crippen LogP) is 2.32. The Labute approximate surface area is 125 Å². The van der Waals surface area contributed by atoms with Gasteiger partial charge >= 0.3 is 12.0 Å². The third kappa shape index (κ3) is 5.61. The summed E-state index contributed by atoms with van der Waals surface area (Å²) in [6.07, 6.45) is 3.17. The molecule has 0 saturated heterocycles. The SMILES string of the molecule is CCSC1CCC(NC(=O)NCC(C(=O)O)C(C)C)C1. The number of aliphatic carboxylic acids is 1. The monoisotopic (exact) mass is 302 g/mol. The molecule has 3 N–H and O–H groups in total. The van der Waals surface area contributed by atoms with Crippen molar-refractivity contribution in [2.45, 2.75) is 51.3 Å². The minimum atomic E-state index is -0.861. The highest BCUT2D eigenvalue weighted by Crippen LogP contribution is 2.29. The van der Waals surface area contributed by atoms with Gasteiger partial charge in [-0.05, 0) is 30.9 Å². The van der Waals surface area contributed by atoms with Gasteiger partial charge in [-0.3, -0.25) is 4.79 Å². The van der Waals surface area contributed by atoms with E-state index in [-0.39, 0.29) is 24.5 Å². The van der Waals surface area contributed by atoms with Gasteiger partial charge < -0.3 is 15.7 Å². The molecule has 0 radical (unpaired) electrons. The number of carboxylic acid groups (broad SMARTS) is 1. The van der Waals surface area contributed by atoms with E-state index < -0.39 is 11.9 Å². The summed E-state index contributed by atoms with van der Waals surface area (Å²) in [5.41, 5.74) is 0. The van der Waals surface area contributed by atoms with Gasteiger partial charge in [0.25, 0.3) is 0 Å². The van der Waals surface area contributed by atoms with Crippen LogP contribution >= 0.6 is 11.8 Å². The number of urea groups is 1. The Kier molecular flexibility index (Phi) is 7.19. The maximum Gasteiger partial charge on any atom is 0.315 e. The lowest BCUT2D eigenvalue weighted by molar-refractivity contribution is -0.142. The van der Waals surface area contributed by atoms with Crippen LogP contribution in [-0.2, 0) is 4.79 Å². The fraction of sp³-hybridized carbons (Fsp3) is 0.857. The minimum Gasteiger partial charge on any atom is -0.481 e. The maximum atomic E-state index is 11.8. The largest absolute Gasteiger partial charge is 0.481 e. The molecule has 116 valence electrons. The smallest absolute Gasteiger partial charge is 0.315 e. The molecular weight excluding hydrogens is 276 g/mol. The van der Waals surface area contributed by atoms with Crippen molar-refractivity contribution >= 4 is 23.8 Å². The molecule has 0 aromatic rings. The molecule has 3 unspecified atom stereocenters. The molecule has 2 amide bonds. The van der Waals surface area contributed by atoms with Crippen LogP contribution in [0.4, 0.5) is 4.79 Å². The topological polar surface area (TPSA) is 78.4 Å². The van der Waals surface area contributed by atoms with Gasteiger partial charge in [0.05, 0.1) is 5.92 Å². The molecule has 0 aliphatic heterocycles. The molecule has 20 heavy (non-hydrogen) atoms. The lowest BCUT2D eigenvalue weighted by atomic mass is 9.96. The first-order valence-electron chi connectivity index (χ1n) is 7.32. The summed E-state index contributed by atoms with van der Waals surface area (Å²) in [5, 5.41) is 15.3. The van der Waals surface area contributed by atoms with E-state index in [1.165, 1.54) is 0 Å². The highest BCUT2D eigenvalue weighted by atomic mass is 32.2. The van der Waals surface area contributed by atoms with E-state index in [2.05, 4.69) is 17.6 Å². The number of carbonyl (C=O) groups excluding carboxylic acids is 1. The van der Waals surface area contributed by atoms with Crippen molar-refractivity contribution in [3.05, 3.63) is 0 Å². The number of hydrogen-bond donors (Lipinski definition) is 3. The molecule has 5 nitrogen and oxygen atoms in total. The summed E-state index contributed by atoms with van der Waals surface area (Å²) in [6.45, 7) is 6.03. The van der Waals surface area contributed by atoms with Gasteiger partial charge in [0, 0.05) is 17.8 Å². The summed E-state index contributed by atoms with van der Waals surface area (Å²) < 4.78 is 0. The zero-order valence-corrected chi connectivity index (χ0v) is 13.3. The van der Waals surface area contributed by atoms with Crippen LogP contribution in [0, 0.1) is 11.8 Å². The van der Waals surface area contributed by atoms with E-state index in [1.807, 2.05) is 25.6 Å². The number of carbonyl (C=O) groups is 2. The molecule has 6 heteroatoms. The van der Waals surface area contributed by atoms with E-state index in [0.717, 1.165) is 25.0 Å². The molecular formula is C14H26N2O3S. The maximum absolute atomic E-state index is 11.8. The standard InChI is InChI=1S/C14H26N2O3S/c1-4-20-11-6-5-10(7-11)16-14(19)15-8-12(9(2)3)13(17)18/h9-12H,4-8H2,1-3H3,(H,17,18)(H2,15,16,19). The van der Waals surface area contributed by atoms with Gasteiger partial charge in [-0.2, -0.15) is 11.8 Å². The molecule has 1 aliphatic rings. The highest BCUT2D eigenvalue weighted by molar-refractivity contribution is 7.99. The lowest BCUT2D eigenvalue weighted by Crippen LogP contribution is -2.44. The fourth-order valence-electron chi connectivity index (χ4n) is 2.51. The molecule has 1 aliphatic carbocycles. The van der Waals surface area contributed by atoms with E-state index in [1.54, 1.807) is 0 Å². The van der Waals surface area contributed by atoms with E-state index in [4.69, 9.17) is 5.11 Å². The number of thioether (sulfide) groups is 1.